The zero-order chi connectivity index (χ0) is 16.4. The summed E-state index contributed by atoms with van der Waals surface area (Å²) in [7, 11) is 0. The van der Waals surface area contributed by atoms with Gasteiger partial charge in [-0.05, 0) is 44.2 Å². The molecule has 2 heterocycles. The number of nitrogens with one attached hydrogen (secondary N) is 1. The summed E-state index contributed by atoms with van der Waals surface area (Å²) in [6.45, 7) is 8.75. The number of rotatable bonds is 1. The first-order valence-electron chi connectivity index (χ1n) is 8.17. The maximum absolute atomic E-state index is 12.2. The second-order valence-corrected chi connectivity index (χ2v) is 7.03. The molecule has 1 aromatic carbocycles. The number of amides is 1. The Balaban J connectivity index is 1.62. The molecule has 3 rings (SSSR count). The van der Waals surface area contributed by atoms with Gasteiger partial charge in [0.1, 0.15) is 11.8 Å². The molecule has 5 nitrogen and oxygen atoms in total. The van der Waals surface area contributed by atoms with Crippen LogP contribution < -0.4 is 5.32 Å². The molecule has 0 bridgehead atoms. The second-order valence-electron chi connectivity index (χ2n) is 7.03. The third-order valence-electron chi connectivity index (χ3n) is 4.14. The first-order chi connectivity index (χ1) is 10.9. The first-order valence-corrected chi connectivity index (χ1v) is 8.17. The van der Waals surface area contributed by atoms with Crippen molar-refractivity contribution in [2.24, 2.45) is 0 Å². The Morgan fingerprint density at radius 3 is 2.57 bits per heavy atom. The third kappa shape index (κ3) is 3.67. The van der Waals surface area contributed by atoms with Crippen molar-refractivity contribution in [3.8, 4) is 0 Å². The monoisotopic (exact) mass is 315 g/mol. The zero-order valence-electron chi connectivity index (χ0n) is 14.1. The van der Waals surface area contributed by atoms with Gasteiger partial charge >= 0.3 is 6.09 Å². The number of ether oxygens (including phenoxy) is 1. The van der Waals surface area contributed by atoms with Crippen LogP contribution >= 0.6 is 0 Å². The predicted octanol–water partition coefficient (Wildman–Crippen LogP) is 2.81. The quantitative estimate of drug-likeness (QED) is 0.865. The van der Waals surface area contributed by atoms with Gasteiger partial charge in [-0.25, -0.2) is 4.79 Å². The molecule has 1 saturated heterocycles. The van der Waals surface area contributed by atoms with Gasteiger partial charge in [0.25, 0.3) is 0 Å². The molecular formula is C18H25N3O2. The molecule has 2 aliphatic heterocycles. The van der Waals surface area contributed by atoms with E-state index in [2.05, 4.69) is 40.6 Å². The summed E-state index contributed by atoms with van der Waals surface area (Å²) >= 11 is 0. The number of piperazine rings is 1. The second kappa shape index (κ2) is 6.24. The molecule has 1 aromatic rings. The van der Waals surface area contributed by atoms with Crippen LogP contribution in [0.5, 0.6) is 0 Å². The number of fused-ring (bicyclic) bond motifs is 1. The Hall–Kier alpha value is -2.01. The molecule has 1 unspecified atom stereocenters. The fourth-order valence-corrected chi connectivity index (χ4v) is 3.02. The zero-order valence-corrected chi connectivity index (χ0v) is 14.1. The van der Waals surface area contributed by atoms with Crippen molar-refractivity contribution in [1.82, 2.24) is 15.1 Å². The van der Waals surface area contributed by atoms with Crippen LogP contribution in [0.3, 0.4) is 0 Å². The number of hydrogen-bond acceptors (Lipinski definition) is 4. The standard InChI is InChI=1S/C18H25N3O2/c1-18(2,3)23-17(22)21-12-10-20(11-13-21)16-15-7-5-4-6-14(15)8-9-19-16/h4-9,16,19H,10-13H2,1-3H3. The van der Waals surface area contributed by atoms with Crippen LogP contribution in [0, 0.1) is 0 Å². The Kier molecular flexibility index (Phi) is 4.31. The lowest BCUT2D eigenvalue weighted by atomic mass is 10.0. The van der Waals surface area contributed by atoms with Crippen LogP contribution in [0.15, 0.2) is 30.5 Å². The maximum atomic E-state index is 12.2. The lowest BCUT2D eigenvalue weighted by Gasteiger charge is -2.40. The predicted molar refractivity (Wildman–Crippen MR) is 90.7 cm³/mol. The Bertz CT molecular complexity index is 599. The normalized spacial score (nSPS) is 21.5. The lowest BCUT2D eigenvalue weighted by molar-refractivity contribution is 0.00892. The van der Waals surface area contributed by atoms with Crippen molar-refractivity contribution in [1.29, 1.82) is 0 Å². The molecule has 0 aromatic heterocycles. The highest BCUT2D eigenvalue weighted by Gasteiger charge is 2.30. The highest BCUT2D eigenvalue weighted by molar-refractivity contribution is 5.68. The number of carbonyl (C=O) groups is 1. The van der Waals surface area contributed by atoms with Crippen LogP contribution in [0.1, 0.15) is 38.1 Å². The van der Waals surface area contributed by atoms with Gasteiger partial charge in [-0.3, -0.25) is 4.90 Å². The van der Waals surface area contributed by atoms with Crippen LogP contribution in [0.4, 0.5) is 4.79 Å². The SMILES string of the molecule is CC(C)(C)OC(=O)N1CCN(C2NC=Cc3ccccc32)CC1. The minimum absolute atomic E-state index is 0.178. The van der Waals surface area contributed by atoms with Gasteiger partial charge in [-0.15, -0.1) is 0 Å². The summed E-state index contributed by atoms with van der Waals surface area (Å²) in [6.07, 6.45) is 4.07. The highest BCUT2D eigenvalue weighted by atomic mass is 16.6. The van der Waals surface area contributed by atoms with Crippen LogP contribution in [0.2, 0.25) is 0 Å². The molecular weight excluding hydrogens is 290 g/mol. The van der Waals surface area contributed by atoms with Gasteiger partial charge in [0.2, 0.25) is 0 Å². The van der Waals surface area contributed by atoms with Crippen LogP contribution in [-0.2, 0) is 4.74 Å². The molecule has 0 radical (unpaired) electrons. The molecule has 5 heteroatoms. The van der Waals surface area contributed by atoms with Crippen molar-refractivity contribution in [2.75, 3.05) is 26.2 Å². The summed E-state index contributed by atoms with van der Waals surface area (Å²) < 4.78 is 5.46. The van der Waals surface area contributed by atoms with Crippen molar-refractivity contribution in [3.05, 3.63) is 41.6 Å². The maximum Gasteiger partial charge on any atom is 0.410 e. The van der Waals surface area contributed by atoms with Gasteiger partial charge in [-0.2, -0.15) is 0 Å². The molecule has 0 spiro atoms. The minimum atomic E-state index is -0.442. The lowest BCUT2D eigenvalue weighted by Crippen LogP contribution is -2.52. The molecule has 0 saturated carbocycles. The van der Waals surface area contributed by atoms with E-state index in [0.29, 0.717) is 13.1 Å². The number of benzene rings is 1. The summed E-state index contributed by atoms with van der Waals surface area (Å²) in [6, 6.07) is 8.43. The minimum Gasteiger partial charge on any atom is -0.444 e. The highest BCUT2D eigenvalue weighted by Crippen LogP contribution is 2.27. The smallest absolute Gasteiger partial charge is 0.410 e. The largest absolute Gasteiger partial charge is 0.444 e. The molecule has 1 N–H and O–H groups in total. The summed E-state index contributed by atoms with van der Waals surface area (Å²) in [5, 5.41) is 3.44. The van der Waals surface area contributed by atoms with Gasteiger partial charge in [0.05, 0.1) is 0 Å². The van der Waals surface area contributed by atoms with Crippen LogP contribution in [-0.4, -0.2) is 47.7 Å². The average molecular weight is 315 g/mol. The molecule has 0 aliphatic carbocycles. The van der Waals surface area contributed by atoms with E-state index in [4.69, 9.17) is 4.74 Å². The molecule has 1 atom stereocenters. The van der Waals surface area contributed by atoms with Crippen molar-refractivity contribution >= 4 is 12.2 Å². The van der Waals surface area contributed by atoms with E-state index >= 15 is 0 Å². The Morgan fingerprint density at radius 1 is 1.17 bits per heavy atom. The third-order valence-corrected chi connectivity index (χ3v) is 4.14. The van der Waals surface area contributed by atoms with Gasteiger partial charge in [0, 0.05) is 26.2 Å². The average Bonchev–Trinajstić information content (AvgIpc) is 2.53. The molecule has 1 fully saturated rings. The Labute approximate surface area is 137 Å². The topological polar surface area (TPSA) is 44.8 Å². The van der Waals surface area contributed by atoms with E-state index in [1.165, 1.54) is 11.1 Å². The van der Waals surface area contributed by atoms with E-state index < -0.39 is 5.60 Å². The van der Waals surface area contributed by atoms with E-state index in [-0.39, 0.29) is 12.3 Å². The van der Waals surface area contributed by atoms with Crippen molar-refractivity contribution < 1.29 is 9.53 Å². The molecule has 124 valence electrons. The van der Waals surface area contributed by atoms with Gasteiger partial charge in [0.15, 0.2) is 0 Å². The van der Waals surface area contributed by atoms with E-state index in [1.807, 2.05) is 27.0 Å². The summed E-state index contributed by atoms with van der Waals surface area (Å²) in [4.78, 5) is 16.3. The molecule has 23 heavy (non-hydrogen) atoms. The Morgan fingerprint density at radius 2 is 1.87 bits per heavy atom. The number of carbonyl (C=O) groups excluding carboxylic acids is 1. The van der Waals surface area contributed by atoms with E-state index in [9.17, 15) is 4.79 Å². The van der Waals surface area contributed by atoms with Crippen molar-refractivity contribution in [3.63, 3.8) is 0 Å². The van der Waals surface area contributed by atoms with E-state index in [0.717, 1.165) is 13.1 Å². The first kappa shape index (κ1) is 15.9. The summed E-state index contributed by atoms with van der Waals surface area (Å²) in [5.41, 5.74) is 2.11. The van der Waals surface area contributed by atoms with E-state index in [1.54, 1.807) is 4.90 Å². The summed E-state index contributed by atoms with van der Waals surface area (Å²) in [5.74, 6) is 0. The van der Waals surface area contributed by atoms with Gasteiger partial charge < -0.3 is 15.0 Å². The fraction of sp³-hybridized carbons (Fsp3) is 0.500. The molecule has 2 aliphatic rings. The van der Waals surface area contributed by atoms with Crippen LogP contribution in [0.25, 0.3) is 6.08 Å². The number of hydrogen-bond donors (Lipinski definition) is 1. The number of nitrogens with zero attached hydrogens (tertiary/aromatic N) is 2. The molecule has 1 amide bonds. The fourth-order valence-electron chi connectivity index (χ4n) is 3.02. The van der Waals surface area contributed by atoms with Gasteiger partial charge in [-0.1, -0.05) is 24.3 Å². The van der Waals surface area contributed by atoms with Crippen molar-refractivity contribution in [2.45, 2.75) is 32.5 Å².